The summed E-state index contributed by atoms with van der Waals surface area (Å²) >= 11 is 0. The average Bonchev–Trinajstić information content (AvgIpc) is 2.76. The van der Waals surface area contributed by atoms with Crippen LogP contribution in [0, 0.1) is 12.7 Å². The summed E-state index contributed by atoms with van der Waals surface area (Å²) in [6.07, 6.45) is 6.31. The van der Waals surface area contributed by atoms with Crippen molar-refractivity contribution in [1.82, 2.24) is 4.90 Å². The normalized spacial score (nSPS) is 12.8. The van der Waals surface area contributed by atoms with E-state index in [1.807, 2.05) is 25.1 Å². The van der Waals surface area contributed by atoms with Gasteiger partial charge in [0.2, 0.25) is 6.41 Å². The maximum absolute atomic E-state index is 14.7. The zero-order valence-electron chi connectivity index (χ0n) is 19.3. The molecule has 2 N–H and O–H groups in total. The van der Waals surface area contributed by atoms with Crippen LogP contribution in [-0.2, 0) is 20.4 Å². The van der Waals surface area contributed by atoms with Crippen LogP contribution < -0.4 is 10.5 Å². The number of carbonyl (C=O) groups excluding carboxylic acids is 1. The van der Waals surface area contributed by atoms with E-state index in [-0.39, 0.29) is 11.3 Å². The van der Waals surface area contributed by atoms with Gasteiger partial charge in [0.25, 0.3) is 0 Å². The minimum atomic E-state index is -3.49. The maximum Gasteiger partial charge on any atom is 0.213 e. The lowest BCUT2D eigenvalue weighted by atomic mass is 9.90. The van der Waals surface area contributed by atoms with Gasteiger partial charge in [-0.15, -0.1) is 0 Å². The van der Waals surface area contributed by atoms with E-state index in [0.29, 0.717) is 23.1 Å². The molecule has 2 rings (SSSR count). The van der Waals surface area contributed by atoms with Crippen molar-refractivity contribution in [3.63, 3.8) is 0 Å². The van der Waals surface area contributed by atoms with E-state index in [1.165, 1.54) is 24.3 Å². The molecule has 0 radical (unpaired) electrons. The van der Waals surface area contributed by atoms with E-state index in [1.54, 1.807) is 26.5 Å². The minimum Gasteiger partial charge on any atom is -0.496 e. The zero-order valence-corrected chi connectivity index (χ0v) is 20.1. The number of hydrogen-bond acceptors (Lipinski definition) is 6. The number of rotatable bonds is 9. The summed E-state index contributed by atoms with van der Waals surface area (Å²) in [6, 6.07) is 8.24. The monoisotopic (exact) mass is 473 g/mol. The standard InChI is InChI=1S/C24H28FN3O4S/c1-16-6-7-17(19(11-26)12-27-2)8-20(16)22(13-28(3)15-29)21-9-18(14-33(5,30)31)23(25)10-24(21)32-4/h6-13,15H,14,26H2,1-5H3/b19-11?,22-13+,27-12?. The summed E-state index contributed by atoms with van der Waals surface area (Å²) in [6.45, 7) is 1.89. The Balaban J connectivity index is 2.87. The van der Waals surface area contributed by atoms with Crippen molar-refractivity contribution in [2.45, 2.75) is 12.7 Å². The summed E-state index contributed by atoms with van der Waals surface area (Å²) in [7, 11) is 1.10. The van der Waals surface area contributed by atoms with Gasteiger partial charge in [-0.1, -0.05) is 12.1 Å². The lowest BCUT2D eigenvalue weighted by Crippen LogP contribution is -2.10. The Kier molecular flexibility index (Phi) is 8.53. The molecule has 0 heterocycles. The molecule has 0 fully saturated rings. The molecular weight excluding hydrogens is 445 g/mol. The highest BCUT2D eigenvalue weighted by atomic mass is 32.2. The predicted octanol–water partition coefficient (Wildman–Crippen LogP) is 3.16. The molecule has 0 bridgehead atoms. The van der Waals surface area contributed by atoms with Crippen LogP contribution in [0.3, 0.4) is 0 Å². The molecule has 9 heteroatoms. The number of aryl methyl sites for hydroxylation is 1. The molecule has 0 saturated carbocycles. The Morgan fingerprint density at radius 3 is 2.48 bits per heavy atom. The summed E-state index contributed by atoms with van der Waals surface area (Å²) in [4.78, 5) is 16.8. The lowest BCUT2D eigenvalue weighted by Gasteiger charge is -2.19. The quantitative estimate of drug-likeness (QED) is 0.445. The van der Waals surface area contributed by atoms with Crippen LogP contribution in [0.5, 0.6) is 5.75 Å². The highest BCUT2D eigenvalue weighted by molar-refractivity contribution is 7.89. The average molecular weight is 474 g/mol. The minimum absolute atomic E-state index is 0.00224. The predicted molar refractivity (Wildman–Crippen MR) is 130 cm³/mol. The number of halogens is 1. The van der Waals surface area contributed by atoms with Crippen LogP contribution in [0.2, 0.25) is 0 Å². The Labute approximate surface area is 194 Å². The third-order valence-corrected chi connectivity index (χ3v) is 5.72. The van der Waals surface area contributed by atoms with Crippen molar-refractivity contribution < 1.29 is 22.3 Å². The van der Waals surface area contributed by atoms with Crippen molar-refractivity contribution in [2.75, 3.05) is 27.5 Å². The number of hydrogen-bond donors (Lipinski definition) is 1. The summed E-state index contributed by atoms with van der Waals surface area (Å²) in [5.41, 5.74) is 9.80. The molecule has 0 spiro atoms. The van der Waals surface area contributed by atoms with E-state index in [9.17, 15) is 17.6 Å². The second-order valence-corrected chi connectivity index (χ2v) is 9.71. The van der Waals surface area contributed by atoms with E-state index < -0.39 is 21.4 Å². The Hall–Kier alpha value is -3.46. The van der Waals surface area contributed by atoms with Gasteiger partial charge in [-0.05, 0) is 35.7 Å². The van der Waals surface area contributed by atoms with Crippen molar-refractivity contribution in [1.29, 1.82) is 0 Å². The number of nitrogens with zero attached hydrogens (tertiary/aromatic N) is 2. The second-order valence-electron chi connectivity index (χ2n) is 7.57. The van der Waals surface area contributed by atoms with Gasteiger partial charge in [0.05, 0.1) is 12.9 Å². The highest BCUT2D eigenvalue weighted by Gasteiger charge is 2.20. The number of allylic oxidation sites excluding steroid dienone is 1. The van der Waals surface area contributed by atoms with E-state index in [2.05, 4.69) is 4.99 Å². The highest BCUT2D eigenvalue weighted by Crippen LogP contribution is 2.36. The van der Waals surface area contributed by atoms with Gasteiger partial charge in [-0.3, -0.25) is 9.79 Å². The van der Waals surface area contributed by atoms with Gasteiger partial charge in [0, 0.05) is 67.3 Å². The molecule has 0 aliphatic rings. The molecule has 2 aromatic rings. The van der Waals surface area contributed by atoms with Gasteiger partial charge >= 0.3 is 0 Å². The molecule has 0 unspecified atom stereocenters. The van der Waals surface area contributed by atoms with Crippen LogP contribution in [0.4, 0.5) is 4.39 Å². The summed E-state index contributed by atoms with van der Waals surface area (Å²) in [5, 5.41) is 0. The fourth-order valence-corrected chi connectivity index (χ4v) is 4.12. The molecule has 0 aromatic heterocycles. The summed E-state index contributed by atoms with van der Waals surface area (Å²) < 4.78 is 43.8. The largest absolute Gasteiger partial charge is 0.496 e. The van der Waals surface area contributed by atoms with Gasteiger partial charge in [0.1, 0.15) is 11.6 Å². The number of benzene rings is 2. The number of methoxy groups -OCH3 is 1. The molecule has 7 nitrogen and oxygen atoms in total. The molecule has 176 valence electrons. The Morgan fingerprint density at radius 1 is 1.24 bits per heavy atom. The third kappa shape index (κ3) is 6.52. The van der Waals surface area contributed by atoms with Gasteiger partial charge in [0.15, 0.2) is 9.84 Å². The van der Waals surface area contributed by atoms with Gasteiger partial charge < -0.3 is 15.4 Å². The topological polar surface area (TPSA) is 102 Å². The molecule has 1 amide bonds. The van der Waals surface area contributed by atoms with Gasteiger partial charge in [-0.25, -0.2) is 12.8 Å². The SMILES string of the molecule is CN=CC(=CN)c1ccc(C)c(/C(=C\N(C)C=O)c2cc(CS(C)(=O)=O)c(F)cc2OC)c1. The maximum atomic E-state index is 14.7. The molecule has 2 aromatic carbocycles. The van der Waals surface area contributed by atoms with E-state index in [4.69, 9.17) is 10.5 Å². The Bertz CT molecular complexity index is 1230. The van der Waals surface area contributed by atoms with E-state index >= 15 is 0 Å². The fourth-order valence-electron chi connectivity index (χ4n) is 3.34. The number of amides is 1. The first-order valence-corrected chi connectivity index (χ1v) is 12.0. The van der Waals surface area contributed by atoms with Crippen LogP contribution in [0.1, 0.15) is 27.8 Å². The zero-order chi connectivity index (χ0) is 24.8. The lowest BCUT2D eigenvalue weighted by molar-refractivity contribution is -0.114. The molecule has 33 heavy (non-hydrogen) atoms. The number of aliphatic imine (C=N–C) groups is 1. The smallest absolute Gasteiger partial charge is 0.213 e. The first-order chi connectivity index (χ1) is 15.5. The van der Waals surface area contributed by atoms with Crippen LogP contribution in [0.25, 0.3) is 11.1 Å². The van der Waals surface area contributed by atoms with Crippen LogP contribution in [0.15, 0.2) is 47.7 Å². The van der Waals surface area contributed by atoms with Crippen molar-refractivity contribution in [3.05, 3.63) is 76.4 Å². The third-order valence-electron chi connectivity index (χ3n) is 4.88. The summed E-state index contributed by atoms with van der Waals surface area (Å²) in [5.74, 6) is -0.967. The first-order valence-electron chi connectivity index (χ1n) is 9.93. The van der Waals surface area contributed by atoms with Crippen molar-refractivity contribution >= 4 is 33.6 Å². The molecule has 0 saturated heterocycles. The molecule has 0 atom stereocenters. The van der Waals surface area contributed by atoms with Crippen LogP contribution in [-0.4, -0.2) is 53.4 Å². The van der Waals surface area contributed by atoms with Crippen LogP contribution >= 0.6 is 0 Å². The molecule has 0 aliphatic heterocycles. The fraction of sp³-hybridized carbons (Fsp3) is 0.250. The second kappa shape index (κ2) is 10.9. The number of carbonyl (C=O) groups is 1. The molecular formula is C24H28FN3O4S. The number of nitrogens with two attached hydrogens (primary N) is 1. The number of ether oxygens (including phenoxy) is 1. The number of sulfone groups is 1. The van der Waals surface area contributed by atoms with Crippen molar-refractivity contribution in [3.8, 4) is 5.75 Å². The first kappa shape index (κ1) is 25.8. The van der Waals surface area contributed by atoms with E-state index in [0.717, 1.165) is 29.0 Å². The Morgan fingerprint density at radius 2 is 1.94 bits per heavy atom. The van der Waals surface area contributed by atoms with Crippen molar-refractivity contribution in [2.24, 2.45) is 10.7 Å². The van der Waals surface area contributed by atoms with Gasteiger partial charge in [-0.2, -0.15) is 0 Å². The molecule has 0 aliphatic carbocycles.